The minimum absolute atomic E-state index is 0.0957. The van der Waals surface area contributed by atoms with Crippen LogP contribution in [0.5, 0.6) is 5.75 Å². The zero-order valence-corrected chi connectivity index (χ0v) is 13.4. The number of hydrogen-bond acceptors (Lipinski definition) is 3. The predicted molar refractivity (Wildman–Crippen MR) is 90.9 cm³/mol. The van der Waals surface area contributed by atoms with Gasteiger partial charge in [0.05, 0.1) is 12.8 Å². The Labute approximate surface area is 135 Å². The first-order chi connectivity index (χ1) is 10.6. The van der Waals surface area contributed by atoms with Crippen LogP contribution in [-0.2, 0) is 4.79 Å². The van der Waals surface area contributed by atoms with Gasteiger partial charge in [-0.3, -0.25) is 4.79 Å². The van der Waals surface area contributed by atoms with Crippen LogP contribution in [0.3, 0.4) is 0 Å². The fraction of sp³-hybridized carbons (Fsp3) is 0.235. The lowest BCUT2D eigenvalue weighted by Crippen LogP contribution is -2.17. The van der Waals surface area contributed by atoms with Crippen molar-refractivity contribution in [2.45, 2.75) is 13.3 Å². The molecule has 2 aromatic carbocycles. The third-order valence-corrected chi connectivity index (χ3v) is 3.48. The number of nitrogens with one attached hydrogen (secondary N) is 2. The van der Waals surface area contributed by atoms with Crippen molar-refractivity contribution in [1.29, 1.82) is 0 Å². The van der Waals surface area contributed by atoms with Crippen molar-refractivity contribution in [2.75, 3.05) is 24.3 Å². The smallest absolute Gasteiger partial charge is 0.226 e. The summed E-state index contributed by atoms with van der Waals surface area (Å²) in [5.41, 5.74) is 2.77. The highest BCUT2D eigenvalue weighted by molar-refractivity contribution is 6.31. The van der Waals surface area contributed by atoms with E-state index in [2.05, 4.69) is 10.6 Å². The first-order valence-corrected chi connectivity index (χ1v) is 7.41. The number of carbonyl (C=O) groups excluding carboxylic acids is 1. The van der Waals surface area contributed by atoms with E-state index >= 15 is 0 Å². The maximum absolute atomic E-state index is 12.0. The fourth-order valence-electron chi connectivity index (χ4n) is 2.07. The maximum Gasteiger partial charge on any atom is 0.226 e. The van der Waals surface area contributed by atoms with Crippen molar-refractivity contribution >= 4 is 28.9 Å². The number of anilines is 2. The van der Waals surface area contributed by atoms with Crippen molar-refractivity contribution in [2.24, 2.45) is 0 Å². The first-order valence-electron chi connectivity index (χ1n) is 7.03. The van der Waals surface area contributed by atoms with Gasteiger partial charge in [0.25, 0.3) is 0 Å². The summed E-state index contributed by atoms with van der Waals surface area (Å²) >= 11 is 5.94. The van der Waals surface area contributed by atoms with E-state index in [9.17, 15) is 4.79 Å². The average Bonchev–Trinajstić information content (AvgIpc) is 2.49. The molecule has 0 spiro atoms. The Bertz CT molecular complexity index is 659. The lowest BCUT2D eigenvalue weighted by atomic mass is 10.2. The van der Waals surface area contributed by atoms with Gasteiger partial charge in [0.15, 0.2) is 0 Å². The van der Waals surface area contributed by atoms with Crippen molar-refractivity contribution in [1.82, 2.24) is 0 Å². The van der Waals surface area contributed by atoms with Crippen molar-refractivity contribution in [3.05, 3.63) is 53.1 Å². The fourth-order valence-corrected chi connectivity index (χ4v) is 2.24. The molecule has 0 saturated heterocycles. The number of para-hydroxylation sites is 1. The van der Waals surface area contributed by atoms with Gasteiger partial charge in [-0.1, -0.05) is 29.8 Å². The number of methoxy groups -OCH3 is 1. The molecule has 0 bridgehead atoms. The summed E-state index contributed by atoms with van der Waals surface area (Å²) in [5, 5.41) is 6.62. The van der Waals surface area contributed by atoms with E-state index in [4.69, 9.17) is 16.3 Å². The minimum Gasteiger partial charge on any atom is -0.495 e. The van der Waals surface area contributed by atoms with Gasteiger partial charge in [0, 0.05) is 23.7 Å². The molecule has 0 saturated carbocycles. The Morgan fingerprint density at radius 1 is 1.18 bits per heavy atom. The Hall–Kier alpha value is -2.20. The van der Waals surface area contributed by atoms with Crippen LogP contribution < -0.4 is 15.4 Å². The zero-order chi connectivity index (χ0) is 15.9. The Morgan fingerprint density at radius 3 is 2.68 bits per heavy atom. The van der Waals surface area contributed by atoms with E-state index in [1.807, 2.05) is 31.2 Å². The number of hydrogen-bond donors (Lipinski definition) is 2. The highest BCUT2D eigenvalue weighted by Gasteiger charge is 2.08. The quantitative estimate of drug-likeness (QED) is 0.843. The summed E-state index contributed by atoms with van der Waals surface area (Å²) in [4.78, 5) is 12.0. The molecule has 4 nitrogen and oxygen atoms in total. The van der Waals surface area contributed by atoms with Gasteiger partial charge in [0.2, 0.25) is 5.91 Å². The summed E-state index contributed by atoms with van der Waals surface area (Å²) in [6, 6.07) is 13.1. The predicted octanol–water partition coefficient (Wildman–Crippen LogP) is 4.10. The molecular weight excluding hydrogens is 300 g/mol. The van der Waals surface area contributed by atoms with Gasteiger partial charge < -0.3 is 15.4 Å². The van der Waals surface area contributed by atoms with Gasteiger partial charge in [0.1, 0.15) is 5.75 Å². The number of rotatable bonds is 6. The number of carbonyl (C=O) groups is 1. The molecule has 0 heterocycles. The minimum atomic E-state index is -0.0957. The van der Waals surface area contributed by atoms with E-state index in [1.165, 1.54) is 0 Å². The molecule has 0 aliphatic carbocycles. The molecule has 0 radical (unpaired) electrons. The average molecular weight is 319 g/mol. The second kappa shape index (κ2) is 7.71. The van der Waals surface area contributed by atoms with E-state index in [1.54, 1.807) is 25.3 Å². The molecular formula is C17H19ClN2O2. The maximum atomic E-state index is 12.0. The molecule has 0 unspecified atom stereocenters. The second-order valence-corrected chi connectivity index (χ2v) is 5.32. The molecule has 2 N–H and O–H groups in total. The summed E-state index contributed by atoms with van der Waals surface area (Å²) in [6.07, 6.45) is 0.351. The molecule has 0 aromatic heterocycles. The van der Waals surface area contributed by atoms with Crippen LogP contribution >= 0.6 is 11.6 Å². The van der Waals surface area contributed by atoms with Crippen LogP contribution in [0, 0.1) is 6.92 Å². The van der Waals surface area contributed by atoms with Crippen molar-refractivity contribution < 1.29 is 9.53 Å². The number of halogens is 1. The number of amides is 1. The Kier molecular flexibility index (Phi) is 5.67. The van der Waals surface area contributed by atoms with Gasteiger partial charge in [-0.05, 0) is 36.8 Å². The molecule has 2 rings (SSSR count). The van der Waals surface area contributed by atoms with Crippen LogP contribution in [0.2, 0.25) is 5.02 Å². The van der Waals surface area contributed by atoms with Crippen molar-refractivity contribution in [3.8, 4) is 5.75 Å². The van der Waals surface area contributed by atoms with Crippen molar-refractivity contribution in [3.63, 3.8) is 0 Å². The number of ether oxygens (including phenoxy) is 1. The van der Waals surface area contributed by atoms with Crippen LogP contribution in [-0.4, -0.2) is 19.6 Å². The Balaban J connectivity index is 1.88. The largest absolute Gasteiger partial charge is 0.495 e. The van der Waals surface area contributed by atoms with Crippen LogP contribution in [0.25, 0.3) is 0 Å². The lowest BCUT2D eigenvalue weighted by Gasteiger charge is -2.12. The molecule has 5 heteroatoms. The molecule has 2 aromatic rings. The SMILES string of the molecule is COc1ccc(Cl)cc1NC(=O)CCNc1ccccc1C. The van der Waals surface area contributed by atoms with E-state index < -0.39 is 0 Å². The third kappa shape index (κ3) is 4.40. The standard InChI is InChI=1S/C17H19ClN2O2/c1-12-5-3-4-6-14(12)19-10-9-17(21)20-15-11-13(18)7-8-16(15)22-2/h3-8,11,19H,9-10H2,1-2H3,(H,20,21). The van der Waals surface area contributed by atoms with Gasteiger partial charge >= 0.3 is 0 Å². The molecule has 22 heavy (non-hydrogen) atoms. The highest BCUT2D eigenvalue weighted by Crippen LogP contribution is 2.27. The molecule has 0 fully saturated rings. The topological polar surface area (TPSA) is 50.4 Å². The molecule has 1 amide bonds. The van der Waals surface area contributed by atoms with E-state index in [-0.39, 0.29) is 5.91 Å². The van der Waals surface area contributed by atoms with Gasteiger partial charge in [-0.25, -0.2) is 0 Å². The summed E-state index contributed by atoms with van der Waals surface area (Å²) in [6.45, 7) is 2.58. The monoisotopic (exact) mass is 318 g/mol. The second-order valence-electron chi connectivity index (χ2n) is 4.88. The van der Waals surface area contributed by atoms with Gasteiger partial charge in [-0.2, -0.15) is 0 Å². The van der Waals surface area contributed by atoms with E-state index in [0.717, 1.165) is 11.3 Å². The molecule has 0 aliphatic heterocycles. The molecule has 0 atom stereocenters. The zero-order valence-electron chi connectivity index (χ0n) is 12.7. The van der Waals surface area contributed by atoms with Crippen LogP contribution in [0.1, 0.15) is 12.0 Å². The van der Waals surface area contributed by atoms with E-state index in [0.29, 0.717) is 29.4 Å². The first kappa shape index (κ1) is 16.2. The summed E-state index contributed by atoms with van der Waals surface area (Å²) < 4.78 is 5.20. The number of aryl methyl sites for hydroxylation is 1. The van der Waals surface area contributed by atoms with Crippen LogP contribution in [0.15, 0.2) is 42.5 Å². The summed E-state index contributed by atoms with van der Waals surface area (Å²) in [7, 11) is 1.55. The summed E-state index contributed by atoms with van der Waals surface area (Å²) in [5.74, 6) is 0.492. The highest BCUT2D eigenvalue weighted by atomic mass is 35.5. The normalized spacial score (nSPS) is 10.1. The van der Waals surface area contributed by atoms with Gasteiger partial charge in [-0.15, -0.1) is 0 Å². The lowest BCUT2D eigenvalue weighted by molar-refractivity contribution is -0.116. The Morgan fingerprint density at radius 2 is 1.95 bits per heavy atom. The number of benzene rings is 2. The van der Waals surface area contributed by atoms with Crippen LogP contribution in [0.4, 0.5) is 11.4 Å². The third-order valence-electron chi connectivity index (χ3n) is 3.25. The molecule has 0 aliphatic rings. The molecule has 116 valence electrons.